The Morgan fingerprint density at radius 3 is 1.84 bits per heavy atom. The van der Waals surface area contributed by atoms with Gasteiger partial charge in [0.15, 0.2) is 0 Å². The first-order chi connectivity index (χ1) is 21.9. The van der Waals surface area contributed by atoms with Crippen molar-refractivity contribution in [2.75, 3.05) is 0 Å². The van der Waals surface area contributed by atoms with Crippen LogP contribution in [0.15, 0.2) is 164 Å². The van der Waals surface area contributed by atoms with Gasteiger partial charge in [-0.25, -0.2) is 4.98 Å². The first kappa shape index (κ1) is 24.6. The maximum absolute atomic E-state index is 4.87. The van der Waals surface area contributed by atoms with Crippen molar-refractivity contribution in [2.45, 2.75) is 0 Å². The largest absolute Gasteiger partial charge is 0.309 e. The van der Waals surface area contributed by atoms with Crippen molar-refractivity contribution in [3.05, 3.63) is 164 Å². The predicted octanol–water partition coefficient (Wildman–Crippen LogP) is 10.6. The molecule has 44 heavy (non-hydrogen) atoms. The van der Waals surface area contributed by atoms with Crippen LogP contribution in [0.5, 0.6) is 0 Å². The molecule has 3 heteroatoms. The average Bonchev–Trinajstić information content (AvgIpc) is 3.62. The van der Waals surface area contributed by atoms with Gasteiger partial charge in [-0.15, -0.1) is 0 Å². The summed E-state index contributed by atoms with van der Waals surface area (Å²) in [7, 11) is 0. The fourth-order valence-electron chi connectivity index (χ4n) is 6.89. The van der Waals surface area contributed by atoms with Crippen LogP contribution in [-0.4, -0.2) is 14.1 Å². The second kappa shape index (κ2) is 9.82. The summed E-state index contributed by atoms with van der Waals surface area (Å²) in [5, 5.41) is 4.84. The quantitative estimate of drug-likeness (QED) is 0.210. The monoisotopic (exact) mass is 561 g/mol. The fourth-order valence-corrected chi connectivity index (χ4v) is 6.89. The maximum atomic E-state index is 4.87. The van der Waals surface area contributed by atoms with E-state index in [0.29, 0.717) is 0 Å². The van der Waals surface area contributed by atoms with Crippen LogP contribution in [0.2, 0.25) is 0 Å². The molecule has 0 N–H and O–H groups in total. The molecular weight excluding hydrogens is 534 g/mol. The third-order valence-corrected chi connectivity index (χ3v) is 8.78. The Hall–Kier alpha value is -5.93. The molecule has 3 aromatic heterocycles. The summed E-state index contributed by atoms with van der Waals surface area (Å²) in [5.74, 6) is 0. The van der Waals surface area contributed by atoms with E-state index in [0.717, 1.165) is 22.4 Å². The highest BCUT2D eigenvalue weighted by atomic mass is 15.0. The molecule has 0 aliphatic rings. The van der Waals surface area contributed by atoms with Crippen LogP contribution in [-0.2, 0) is 0 Å². The molecule has 9 aromatic rings. The van der Waals surface area contributed by atoms with Gasteiger partial charge in [-0.2, -0.15) is 0 Å². The van der Waals surface area contributed by atoms with E-state index in [2.05, 4.69) is 161 Å². The number of para-hydroxylation sites is 3. The van der Waals surface area contributed by atoms with Crippen LogP contribution in [0.25, 0.3) is 77.4 Å². The van der Waals surface area contributed by atoms with Crippen molar-refractivity contribution >= 4 is 43.7 Å². The summed E-state index contributed by atoms with van der Waals surface area (Å²) in [6, 6.07) is 56.4. The fraction of sp³-hybridized carbons (Fsp3) is 0. The van der Waals surface area contributed by atoms with E-state index in [-0.39, 0.29) is 0 Å². The molecule has 9 rings (SSSR count). The summed E-state index contributed by atoms with van der Waals surface area (Å²) in [4.78, 5) is 4.87. The molecule has 0 saturated carbocycles. The second-order valence-electron chi connectivity index (χ2n) is 11.2. The van der Waals surface area contributed by atoms with Crippen LogP contribution < -0.4 is 0 Å². The molecule has 0 bridgehead atoms. The van der Waals surface area contributed by atoms with E-state index in [1.54, 1.807) is 0 Å². The zero-order valence-electron chi connectivity index (χ0n) is 23.9. The molecule has 206 valence electrons. The minimum atomic E-state index is 0.967. The number of nitrogens with zero attached hydrogens (tertiary/aromatic N) is 3. The zero-order valence-corrected chi connectivity index (χ0v) is 23.9. The Morgan fingerprint density at radius 1 is 0.386 bits per heavy atom. The van der Waals surface area contributed by atoms with Gasteiger partial charge in [-0.3, -0.25) is 4.57 Å². The van der Waals surface area contributed by atoms with Gasteiger partial charge in [-0.1, -0.05) is 109 Å². The lowest BCUT2D eigenvalue weighted by Crippen LogP contribution is -1.97. The van der Waals surface area contributed by atoms with E-state index >= 15 is 0 Å². The number of hydrogen-bond donors (Lipinski definition) is 0. The van der Waals surface area contributed by atoms with Crippen molar-refractivity contribution in [1.82, 2.24) is 14.1 Å². The molecule has 0 saturated heterocycles. The first-order valence-corrected chi connectivity index (χ1v) is 15.0. The average molecular weight is 562 g/mol. The lowest BCUT2D eigenvalue weighted by Gasteiger charge is -2.13. The molecular formula is C41H27N3. The van der Waals surface area contributed by atoms with Crippen molar-refractivity contribution in [2.24, 2.45) is 0 Å². The first-order valence-electron chi connectivity index (χ1n) is 15.0. The lowest BCUT2D eigenvalue weighted by molar-refractivity contribution is 1.14. The van der Waals surface area contributed by atoms with E-state index < -0.39 is 0 Å². The Labute approximate surface area is 254 Å². The van der Waals surface area contributed by atoms with Gasteiger partial charge in [0, 0.05) is 44.7 Å². The smallest absolute Gasteiger partial charge is 0.145 e. The Bertz CT molecular complexity index is 2470. The number of fused-ring (bicyclic) bond motifs is 6. The Kier molecular flexibility index (Phi) is 5.50. The minimum absolute atomic E-state index is 0.967. The van der Waals surface area contributed by atoms with Gasteiger partial charge < -0.3 is 4.57 Å². The lowest BCUT2D eigenvalue weighted by atomic mass is 9.97. The van der Waals surface area contributed by atoms with Gasteiger partial charge in [-0.05, 0) is 65.2 Å². The number of hydrogen-bond acceptors (Lipinski definition) is 1. The highest BCUT2D eigenvalue weighted by Crippen LogP contribution is 2.43. The summed E-state index contributed by atoms with van der Waals surface area (Å²) in [6.07, 6.45) is 1.89. The molecule has 3 nitrogen and oxygen atoms in total. The normalized spacial score (nSPS) is 11.6. The standard InChI is InChI=1S/C41H27N3/c1-3-12-28(13-4-1)29-23-25-31(26-24-29)43-37-21-8-7-16-36(37)39-32(17-10-22-38(39)43)33-18-9-19-34-35-20-11-27-42-41(35)44(40(33)34)30-14-5-2-6-15-30/h1-27H. The number of pyridine rings is 1. The molecule has 3 heterocycles. The molecule has 0 amide bonds. The van der Waals surface area contributed by atoms with Gasteiger partial charge in [0.2, 0.25) is 0 Å². The third-order valence-electron chi connectivity index (χ3n) is 8.78. The molecule has 0 aliphatic carbocycles. The summed E-state index contributed by atoms with van der Waals surface area (Å²) >= 11 is 0. The van der Waals surface area contributed by atoms with Crippen LogP contribution in [0.1, 0.15) is 0 Å². The predicted molar refractivity (Wildman–Crippen MR) is 184 cm³/mol. The molecule has 0 radical (unpaired) electrons. The molecule has 0 fully saturated rings. The molecule has 0 atom stereocenters. The van der Waals surface area contributed by atoms with Gasteiger partial charge >= 0.3 is 0 Å². The second-order valence-corrected chi connectivity index (χ2v) is 11.2. The number of aromatic nitrogens is 3. The third kappa shape index (κ3) is 3.66. The van der Waals surface area contributed by atoms with Crippen LogP contribution in [0.3, 0.4) is 0 Å². The van der Waals surface area contributed by atoms with E-state index in [1.807, 2.05) is 12.3 Å². The molecule has 0 unspecified atom stereocenters. The topological polar surface area (TPSA) is 22.8 Å². The highest BCUT2D eigenvalue weighted by Gasteiger charge is 2.21. The SMILES string of the molecule is c1ccc(-c2ccc(-n3c4ccccc4c4c(-c5cccc6c7cccnc7n(-c7ccccc7)c56)cccc43)cc2)cc1. The zero-order chi connectivity index (χ0) is 29.0. The van der Waals surface area contributed by atoms with Crippen molar-refractivity contribution < 1.29 is 0 Å². The maximum Gasteiger partial charge on any atom is 0.145 e. The van der Waals surface area contributed by atoms with Gasteiger partial charge in [0.05, 0.1) is 16.6 Å². The van der Waals surface area contributed by atoms with Gasteiger partial charge in [0.25, 0.3) is 0 Å². The molecule has 6 aromatic carbocycles. The number of benzene rings is 6. The van der Waals surface area contributed by atoms with Gasteiger partial charge in [0.1, 0.15) is 5.65 Å². The number of rotatable bonds is 4. The van der Waals surface area contributed by atoms with Crippen LogP contribution in [0, 0.1) is 0 Å². The minimum Gasteiger partial charge on any atom is -0.309 e. The summed E-state index contributed by atoms with van der Waals surface area (Å²) < 4.78 is 4.72. The van der Waals surface area contributed by atoms with Crippen LogP contribution in [0.4, 0.5) is 0 Å². The summed E-state index contributed by atoms with van der Waals surface area (Å²) in [5.41, 5.74) is 11.6. The Morgan fingerprint density at radius 2 is 1.00 bits per heavy atom. The van der Waals surface area contributed by atoms with E-state index in [1.165, 1.54) is 55.0 Å². The molecule has 0 spiro atoms. The van der Waals surface area contributed by atoms with Crippen molar-refractivity contribution in [3.63, 3.8) is 0 Å². The van der Waals surface area contributed by atoms with Crippen molar-refractivity contribution in [1.29, 1.82) is 0 Å². The summed E-state index contributed by atoms with van der Waals surface area (Å²) in [6.45, 7) is 0. The van der Waals surface area contributed by atoms with Crippen molar-refractivity contribution in [3.8, 4) is 33.6 Å². The van der Waals surface area contributed by atoms with E-state index in [4.69, 9.17) is 4.98 Å². The highest BCUT2D eigenvalue weighted by molar-refractivity contribution is 6.20. The Balaban J connectivity index is 1.34. The molecule has 0 aliphatic heterocycles. The van der Waals surface area contributed by atoms with E-state index in [9.17, 15) is 0 Å². The van der Waals surface area contributed by atoms with Crippen LogP contribution >= 0.6 is 0 Å².